The molecule has 1 saturated heterocycles. The summed E-state index contributed by atoms with van der Waals surface area (Å²) in [6.07, 6.45) is -1.69. The number of halogens is 3. The van der Waals surface area contributed by atoms with Crippen LogP contribution >= 0.6 is 0 Å². The van der Waals surface area contributed by atoms with Gasteiger partial charge in [-0.3, -0.25) is 14.2 Å². The Labute approximate surface area is 169 Å². The van der Waals surface area contributed by atoms with E-state index in [1.165, 1.54) is 7.05 Å². The zero-order valence-electron chi connectivity index (χ0n) is 16.3. The summed E-state index contributed by atoms with van der Waals surface area (Å²) in [6.45, 7) is 0.651. The van der Waals surface area contributed by atoms with Crippen LogP contribution in [-0.4, -0.2) is 28.1 Å². The maximum atomic E-state index is 12.9. The van der Waals surface area contributed by atoms with E-state index in [2.05, 4.69) is 5.32 Å². The number of amides is 1. The second-order valence-corrected chi connectivity index (χ2v) is 7.14. The molecule has 3 rings (SSSR count). The summed E-state index contributed by atoms with van der Waals surface area (Å²) in [5, 5.41) is 2.40. The number of piperidine rings is 1. The van der Waals surface area contributed by atoms with Crippen LogP contribution in [0.4, 0.5) is 30.4 Å². The first kappa shape index (κ1) is 21.5. The van der Waals surface area contributed by atoms with E-state index in [0.717, 1.165) is 52.7 Å². The van der Waals surface area contributed by atoms with Gasteiger partial charge in [-0.15, -0.1) is 0 Å². The molecular weight excluding hydrogens is 403 g/mol. The topological polar surface area (TPSA) is 102 Å². The largest absolute Gasteiger partial charge is 0.416 e. The summed E-state index contributed by atoms with van der Waals surface area (Å²) >= 11 is 0. The van der Waals surface area contributed by atoms with Crippen LogP contribution < -0.4 is 27.2 Å². The van der Waals surface area contributed by atoms with Crippen LogP contribution in [0.1, 0.15) is 24.8 Å². The summed E-state index contributed by atoms with van der Waals surface area (Å²) in [5.74, 6) is -0.686. The van der Waals surface area contributed by atoms with Crippen LogP contribution in [0.3, 0.4) is 0 Å². The van der Waals surface area contributed by atoms with Crippen molar-refractivity contribution < 1.29 is 18.0 Å². The number of rotatable bonds is 4. The first-order valence-electron chi connectivity index (χ1n) is 9.41. The minimum atomic E-state index is -4.49. The van der Waals surface area contributed by atoms with E-state index in [1.807, 2.05) is 4.90 Å². The molecule has 8 nitrogen and oxygen atoms in total. The Morgan fingerprint density at radius 2 is 1.70 bits per heavy atom. The summed E-state index contributed by atoms with van der Waals surface area (Å²) in [7, 11) is 1.41. The first-order chi connectivity index (χ1) is 14.1. The minimum absolute atomic E-state index is 0.0336. The number of nitrogens with two attached hydrogens (primary N) is 1. The van der Waals surface area contributed by atoms with Crippen LogP contribution in [0.25, 0.3) is 0 Å². The number of hydrogen-bond acceptors (Lipinski definition) is 5. The highest BCUT2D eigenvalue weighted by Crippen LogP contribution is 2.29. The zero-order valence-corrected chi connectivity index (χ0v) is 16.3. The third-order valence-electron chi connectivity index (χ3n) is 5.04. The maximum absolute atomic E-state index is 12.9. The molecule has 30 heavy (non-hydrogen) atoms. The van der Waals surface area contributed by atoms with Crippen LogP contribution in [0.15, 0.2) is 33.9 Å². The molecule has 2 aromatic rings. The van der Waals surface area contributed by atoms with Crippen molar-refractivity contribution >= 4 is 23.1 Å². The summed E-state index contributed by atoms with van der Waals surface area (Å²) in [6, 6.07) is 3.87. The average molecular weight is 425 g/mol. The molecule has 1 aromatic heterocycles. The fourth-order valence-electron chi connectivity index (χ4n) is 3.41. The molecule has 1 aliphatic rings. The highest BCUT2D eigenvalue weighted by Gasteiger charge is 2.30. The molecule has 0 spiro atoms. The first-order valence-corrected chi connectivity index (χ1v) is 9.41. The van der Waals surface area contributed by atoms with Gasteiger partial charge in [0.05, 0.1) is 5.56 Å². The van der Waals surface area contributed by atoms with Gasteiger partial charge in [-0.25, -0.2) is 9.36 Å². The predicted octanol–water partition coefficient (Wildman–Crippen LogP) is 1.78. The Morgan fingerprint density at radius 3 is 2.27 bits per heavy atom. The van der Waals surface area contributed by atoms with Gasteiger partial charge in [0.15, 0.2) is 0 Å². The highest BCUT2D eigenvalue weighted by molar-refractivity contribution is 5.90. The number of carbonyl (C=O) groups is 1. The molecule has 1 aromatic carbocycles. The Balaban J connectivity index is 1.85. The lowest BCUT2D eigenvalue weighted by Crippen LogP contribution is -2.46. The van der Waals surface area contributed by atoms with Gasteiger partial charge >= 0.3 is 11.9 Å². The Bertz CT molecular complexity index is 1050. The van der Waals surface area contributed by atoms with E-state index in [4.69, 9.17) is 5.73 Å². The van der Waals surface area contributed by atoms with Crippen molar-refractivity contribution in [2.45, 2.75) is 32.0 Å². The molecule has 3 N–H and O–H groups in total. The molecule has 1 aliphatic heterocycles. The van der Waals surface area contributed by atoms with Crippen molar-refractivity contribution in [1.82, 2.24) is 9.13 Å². The fourth-order valence-corrected chi connectivity index (χ4v) is 3.41. The number of nitrogen functional groups attached to an aromatic ring is 1. The number of nitrogens with zero attached hydrogens (tertiary/aromatic N) is 3. The molecule has 0 bridgehead atoms. The predicted molar refractivity (Wildman–Crippen MR) is 106 cm³/mol. The SMILES string of the molecule is Cn1c(N)c(N2CCCCC2)c(=O)n(CC(=O)Nc2ccc(C(F)(F)F)cc2)c1=O. The van der Waals surface area contributed by atoms with Gasteiger partial charge < -0.3 is 16.0 Å². The van der Waals surface area contributed by atoms with Gasteiger partial charge in [-0.05, 0) is 43.5 Å². The molecule has 0 unspecified atom stereocenters. The third-order valence-corrected chi connectivity index (χ3v) is 5.04. The van der Waals surface area contributed by atoms with Crippen molar-refractivity contribution in [3.05, 3.63) is 50.7 Å². The molecular formula is C19H22F3N5O3. The van der Waals surface area contributed by atoms with E-state index in [1.54, 1.807) is 0 Å². The number of hydrogen-bond donors (Lipinski definition) is 2. The highest BCUT2D eigenvalue weighted by atomic mass is 19.4. The molecule has 0 saturated carbocycles. The van der Waals surface area contributed by atoms with Crippen LogP contribution in [-0.2, 0) is 24.6 Å². The van der Waals surface area contributed by atoms with E-state index >= 15 is 0 Å². The molecule has 1 amide bonds. The number of carbonyl (C=O) groups excluding carboxylic acids is 1. The number of anilines is 3. The number of benzene rings is 1. The molecule has 0 radical (unpaired) electrons. The van der Waals surface area contributed by atoms with Gasteiger partial charge in [0.1, 0.15) is 18.1 Å². The van der Waals surface area contributed by atoms with E-state index < -0.39 is 35.4 Å². The van der Waals surface area contributed by atoms with E-state index in [-0.39, 0.29) is 17.2 Å². The van der Waals surface area contributed by atoms with Gasteiger partial charge in [0.2, 0.25) is 5.91 Å². The van der Waals surface area contributed by atoms with Crippen LogP contribution in [0.2, 0.25) is 0 Å². The van der Waals surface area contributed by atoms with Gasteiger partial charge in [-0.2, -0.15) is 13.2 Å². The minimum Gasteiger partial charge on any atom is -0.383 e. The Kier molecular flexibility index (Phi) is 5.90. The number of nitrogens with one attached hydrogen (secondary N) is 1. The van der Waals surface area contributed by atoms with Gasteiger partial charge in [-0.1, -0.05) is 0 Å². The zero-order chi connectivity index (χ0) is 22.1. The molecule has 2 heterocycles. The van der Waals surface area contributed by atoms with Crippen molar-refractivity contribution in [2.75, 3.05) is 29.0 Å². The maximum Gasteiger partial charge on any atom is 0.416 e. The van der Waals surface area contributed by atoms with Crippen molar-refractivity contribution in [2.24, 2.45) is 7.05 Å². The smallest absolute Gasteiger partial charge is 0.383 e. The van der Waals surface area contributed by atoms with Crippen molar-refractivity contribution in [1.29, 1.82) is 0 Å². The number of alkyl halides is 3. The monoisotopic (exact) mass is 425 g/mol. The molecule has 0 atom stereocenters. The van der Waals surface area contributed by atoms with Crippen molar-refractivity contribution in [3.63, 3.8) is 0 Å². The van der Waals surface area contributed by atoms with Crippen molar-refractivity contribution in [3.8, 4) is 0 Å². The average Bonchev–Trinajstić information content (AvgIpc) is 2.70. The van der Waals surface area contributed by atoms with E-state index in [9.17, 15) is 27.6 Å². The number of aromatic nitrogens is 2. The van der Waals surface area contributed by atoms with Gasteiger partial charge in [0, 0.05) is 25.8 Å². The lowest BCUT2D eigenvalue weighted by Gasteiger charge is -2.29. The molecule has 11 heteroatoms. The summed E-state index contributed by atoms with van der Waals surface area (Å²) in [4.78, 5) is 39.6. The normalized spacial score (nSPS) is 14.6. The fraction of sp³-hybridized carbons (Fsp3) is 0.421. The lowest BCUT2D eigenvalue weighted by molar-refractivity contribution is -0.137. The third kappa shape index (κ3) is 4.34. The molecule has 162 valence electrons. The summed E-state index contributed by atoms with van der Waals surface area (Å²) in [5.41, 5.74) is 4.03. The Morgan fingerprint density at radius 1 is 1.10 bits per heavy atom. The molecule has 1 fully saturated rings. The second-order valence-electron chi connectivity index (χ2n) is 7.14. The Hall–Kier alpha value is -3.24. The standard InChI is InChI=1S/C19H22F3N5O3/c1-25-16(23)15(26-9-3-2-4-10-26)17(29)27(18(25)30)11-14(28)24-13-7-5-12(6-8-13)19(20,21)22/h5-8H,2-4,9-11,23H2,1H3,(H,24,28). The summed E-state index contributed by atoms with van der Waals surface area (Å²) < 4.78 is 39.8. The quantitative estimate of drug-likeness (QED) is 0.778. The molecule has 0 aliphatic carbocycles. The van der Waals surface area contributed by atoms with Crippen LogP contribution in [0.5, 0.6) is 0 Å². The van der Waals surface area contributed by atoms with Gasteiger partial charge in [0.25, 0.3) is 5.56 Å². The van der Waals surface area contributed by atoms with E-state index in [0.29, 0.717) is 13.1 Å². The lowest BCUT2D eigenvalue weighted by atomic mass is 10.1. The second kappa shape index (κ2) is 8.25. The van der Waals surface area contributed by atoms with Crippen LogP contribution in [0, 0.1) is 0 Å².